The first-order valence-electron chi connectivity index (χ1n) is 6.92. The number of amides is 1. The summed E-state index contributed by atoms with van der Waals surface area (Å²) in [6.45, 7) is 1.31. The van der Waals surface area contributed by atoms with E-state index in [9.17, 15) is 13.6 Å². The van der Waals surface area contributed by atoms with Crippen molar-refractivity contribution in [1.29, 1.82) is 0 Å². The maximum atomic E-state index is 12.9. The summed E-state index contributed by atoms with van der Waals surface area (Å²) >= 11 is 0. The summed E-state index contributed by atoms with van der Waals surface area (Å²) in [4.78, 5) is 13.8. The lowest BCUT2D eigenvalue weighted by molar-refractivity contribution is -0.159. The van der Waals surface area contributed by atoms with E-state index in [2.05, 4.69) is 0 Å². The summed E-state index contributed by atoms with van der Waals surface area (Å²) in [7, 11) is 0. The highest BCUT2D eigenvalue weighted by Gasteiger charge is 2.49. The van der Waals surface area contributed by atoms with Crippen LogP contribution in [0.2, 0.25) is 0 Å². The van der Waals surface area contributed by atoms with E-state index >= 15 is 0 Å². The fourth-order valence-corrected chi connectivity index (χ4v) is 2.49. The van der Waals surface area contributed by atoms with Gasteiger partial charge in [-0.1, -0.05) is 30.3 Å². The van der Waals surface area contributed by atoms with E-state index in [1.165, 1.54) is 0 Å². The van der Waals surface area contributed by atoms with Crippen LogP contribution in [0.3, 0.4) is 0 Å². The Morgan fingerprint density at radius 1 is 1.24 bits per heavy atom. The molecule has 0 bridgehead atoms. The van der Waals surface area contributed by atoms with Crippen LogP contribution < -0.4 is 5.73 Å². The molecule has 1 aliphatic rings. The number of carbonyl (C=O) groups is 1. The van der Waals surface area contributed by atoms with Crippen LogP contribution in [-0.4, -0.2) is 36.4 Å². The number of halogens is 3. The molecule has 0 unspecified atom stereocenters. The van der Waals surface area contributed by atoms with Gasteiger partial charge in [0.1, 0.15) is 0 Å². The van der Waals surface area contributed by atoms with Gasteiger partial charge in [0, 0.05) is 38.4 Å². The fourth-order valence-electron chi connectivity index (χ4n) is 2.49. The molecule has 1 saturated carbocycles. The molecule has 1 aromatic rings. The number of nitrogens with zero attached hydrogens (tertiary/aromatic N) is 1. The third kappa shape index (κ3) is 4.93. The van der Waals surface area contributed by atoms with Crippen LogP contribution in [-0.2, 0) is 11.2 Å². The maximum absolute atomic E-state index is 12.9. The Morgan fingerprint density at radius 3 is 2.38 bits per heavy atom. The molecule has 0 aromatic heterocycles. The fraction of sp³-hybridized carbons (Fsp3) is 0.533. The second-order valence-corrected chi connectivity index (χ2v) is 5.31. The van der Waals surface area contributed by atoms with Crippen molar-refractivity contribution in [2.24, 2.45) is 11.7 Å². The van der Waals surface area contributed by atoms with E-state index in [0.29, 0.717) is 19.6 Å². The lowest BCUT2D eigenvalue weighted by Crippen LogP contribution is -2.48. The minimum atomic E-state index is -2.66. The van der Waals surface area contributed by atoms with Crippen molar-refractivity contribution in [3.63, 3.8) is 0 Å². The molecular weight excluding hydrogens is 298 g/mol. The van der Waals surface area contributed by atoms with Crippen LogP contribution in [0.1, 0.15) is 18.4 Å². The zero-order valence-electron chi connectivity index (χ0n) is 11.8. The lowest BCUT2D eigenvalue weighted by atomic mass is 9.80. The van der Waals surface area contributed by atoms with Gasteiger partial charge in [0.2, 0.25) is 11.8 Å². The second-order valence-electron chi connectivity index (χ2n) is 5.31. The van der Waals surface area contributed by atoms with Gasteiger partial charge in [-0.15, -0.1) is 12.4 Å². The lowest BCUT2D eigenvalue weighted by Gasteiger charge is -2.37. The average molecular weight is 319 g/mol. The van der Waals surface area contributed by atoms with Crippen LogP contribution in [0.15, 0.2) is 30.3 Å². The highest BCUT2D eigenvalue weighted by molar-refractivity contribution is 5.85. The van der Waals surface area contributed by atoms with Crippen molar-refractivity contribution in [1.82, 2.24) is 4.90 Å². The standard InChI is InChI=1S/C15H20F2N2O.ClH/c16-15(17)10-13(11-15)14(20)19(9-7-18)8-6-12-4-2-1-3-5-12;/h1-5,13H,6-11,18H2;1H. The molecule has 0 heterocycles. The molecule has 0 saturated heterocycles. The van der Waals surface area contributed by atoms with E-state index in [1.807, 2.05) is 30.3 Å². The van der Waals surface area contributed by atoms with Gasteiger partial charge in [0.05, 0.1) is 0 Å². The van der Waals surface area contributed by atoms with Crippen molar-refractivity contribution in [2.75, 3.05) is 19.6 Å². The third-order valence-corrected chi connectivity index (χ3v) is 3.66. The molecule has 2 N–H and O–H groups in total. The minimum Gasteiger partial charge on any atom is -0.341 e. The van der Waals surface area contributed by atoms with Crippen LogP contribution in [0.25, 0.3) is 0 Å². The van der Waals surface area contributed by atoms with Gasteiger partial charge >= 0.3 is 0 Å². The Morgan fingerprint density at radius 2 is 1.86 bits per heavy atom. The number of hydrogen-bond donors (Lipinski definition) is 1. The van der Waals surface area contributed by atoms with Gasteiger partial charge < -0.3 is 10.6 Å². The Kier molecular flexibility index (Phi) is 6.55. The van der Waals surface area contributed by atoms with Crippen molar-refractivity contribution in [2.45, 2.75) is 25.2 Å². The summed E-state index contributed by atoms with van der Waals surface area (Å²) < 4.78 is 25.7. The van der Waals surface area contributed by atoms with Crippen molar-refractivity contribution in [3.05, 3.63) is 35.9 Å². The molecule has 1 aliphatic carbocycles. The molecule has 6 heteroatoms. The Balaban J connectivity index is 0.00000220. The summed E-state index contributed by atoms with van der Waals surface area (Å²) in [6, 6.07) is 9.79. The second kappa shape index (κ2) is 7.71. The SMILES string of the molecule is Cl.NCCN(CCc1ccccc1)C(=O)C1CC(F)(F)C1. The molecule has 0 radical (unpaired) electrons. The molecule has 0 aliphatic heterocycles. The Bertz CT molecular complexity index is 448. The molecule has 1 amide bonds. The average Bonchev–Trinajstić information content (AvgIpc) is 2.41. The predicted molar refractivity (Wildman–Crippen MR) is 80.7 cm³/mol. The van der Waals surface area contributed by atoms with Crippen LogP contribution in [0.4, 0.5) is 8.78 Å². The topological polar surface area (TPSA) is 46.3 Å². The van der Waals surface area contributed by atoms with Gasteiger partial charge in [0.25, 0.3) is 0 Å². The number of nitrogens with two attached hydrogens (primary N) is 1. The van der Waals surface area contributed by atoms with E-state index < -0.39 is 11.8 Å². The van der Waals surface area contributed by atoms with Crippen LogP contribution in [0, 0.1) is 5.92 Å². The Hall–Kier alpha value is -1.20. The highest BCUT2D eigenvalue weighted by Crippen LogP contribution is 2.43. The number of benzene rings is 1. The van der Waals surface area contributed by atoms with Gasteiger partial charge in [-0.05, 0) is 12.0 Å². The zero-order valence-corrected chi connectivity index (χ0v) is 12.6. The molecule has 118 valence electrons. The van der Waals surface area contributed by atoms with Crippen molar-refractivity contribution in [3.8, 4) is 0 Å². The minimum absolute atomic E-state index is 0. The largest absolute Gasteiger partial charge is 0.341 e. The van der Waals surface area contributed by atoms with Crippen LogP contribution in [0.5, 0.6) is 0 Å². The van der Waals surface area contributed by atoms with Gasteiger partial charge in [-0.3, -0.25) is 4.79 Å². The molecule has 0 atom stereocenters. The van der Waals surface area contributed by atoms with Crippen LogP contribution >= 0.6 is 12.4 Å². The van der Waals surface area contributed by atoms with Gasteiger partial charge in [-0.2, -0.15) is 0 Å². The smallest absolute Gasteiger partial charge is 0.249 e. The molecule has 2 rings (SSSR count). The summed E-state index contributed by atoms with van der Waals surface area (Å²) in [5.41, 5.74) is 6.63. The summed E-state index contributed by atoms with van der Waals surface area (Å²) in [5.74, 6) is -3.38. The van der Waals surface area contributed by atoms with Gasteiger partial charge in [-0.25, -0.2) is 8.78 Å². The third-order valence-electron chi connectivity index (χ3n) is 3.66. The summed E-state index contributed by atoms with van der Waals surface area (Å²) in [5, 5.41) is 0. The monoisotopic (exact) mass is 318 g/mol. The molecule has 0 spiro atoms. The highest BCUT2D eigenvalue weighted by atomic mass is 35.5. The molecule has 1 aromatic carbocycles. The zero-order chi connectivity index (χ0) is 14.6. The van der Waals surface area contributed by atoms with E-state index in [-0.39, 0.29) is 31.2 Å². The number of hydrogen-bond acceptors (Lipinski definition) is 2. The first-order valence-corrected chi connectivity index (χ1v) is 6.92. The first-order chi connectivity index (χ1) is 9.52. The quantitative estimate of drug-likeness (QED) is 0.876. The molecule has 3 nitrogen and oxygen atoms in total. The number of alkyl halides is 2. The molecule has 21 heavy (non-hydrogen) atoms. The van der Waals surface area contributed by atoms with E-state index in [4.69, 9.17) is 5.73 Å². The Labute approximate surface area is 129 Å². The van der Waals surface area contributed by atoms with E-state index in [0.717, 1.165) is 12.0 Å². The summed E-state index contributed by atoms with van der Waals surface area (Å²) in [6.07, 6.45) is 0.0756. The first kappa shape index (κ1) is 17.9. The normalized spacial score (nSPS) is 16.7. The van der Waals surface area contributed by atoms with E-state index in [1.54, 1.807) is 4.90 Å². The van der Waals surface area contributed by atoms with Crippen molar-refractivity contribution >= 4 is 18.3 Å². The van der Waals surface area contributed by atoms with Gasteiger partial charge in [0.15, 0.2) is 0 Å². The number of carbonyl (C=O) groups excluding carboxylic acids is 1. The predicted octanol–water partition coefficient (Wildman–Crippen LogP) is 2.48. The molecular formula is C15H21ClF2N2O. The maximum Gasteiger partial charge on any atom is 0.249 e. The van der Waals surface area contributed by atoms with Crippen molar-refractivity contribution < 1.29 is 13.6 Å². The molecule has 1 fully saturated rings. The number of rotatable bonds is 6.